The molecule has 2 saturated heterocycles. The van der Waals surface area contributed by atoms with E-state index in [1.54, 1.807) is 6.20 Å². The van der Waals surface area contributed by atoms with Crippen molar-refractivity contribution in [1.29, 1.82) is 5.41 Å². The van der Waals surface area contributed by atoms with Crippen LogP contribution in [0.1, 0.15) is 68.1 Å². The zero-order valence-electron chi connectivity index (χ0n) is 20.7. The summed E-state index contributed by atoms with van der Waals surface area (Å²) < 4.78 is 0. The lowest BCUT2D eigenvalue weighted by Gasteiger charge is -2.35. The van der Waals surface area contributed by atoms with Crippen LogP contribution in [0.25, 0.3) is 22.2 Å². The number of likely N-dealkylation sites (tertiary alicyclic amines) is 1. The second-order valence-electron chi connectivity index (χ2n) is 10.3. The first-order chi connectivity index (χ1) is 17.0. The molecule has 184 valence electrons. The van der Waals surface area contributed by atoms with E-state index in [2.05, 4.69) is 52.2 Å². The van der Waals surface area contributed by atoms with Gasteiger partial charge in [0, 0.05) is 53.4 Å². The van der Waals surface area contributed by atoms with Crippen LogP contribution < -0.4 is 11.1 Å². The highest BCUT2D eigenvalue weighted by molar-refractivity contribution is 5.98. The maximum absolute atomic E-state index is 13.0. The van der Waals surface area contributed by atoms with E-state index in [1.165, 1.54) is 22.7 Å². The highest BCUT2D eigenvalue weighted by atomic mass is 16.2. The fraction of sp³-hybridized carbons (Fsp3) is 0.464. The summed E-state index contributed by atoms with van der Waals surface area (Å²) in [4.78, 5) is 22.8. The van der Waals surface area contributed by atoms with Gasteiger partial charge in [0.1, 0.15) is 5.82 Å². The predicted molar refractivity (Wildman–Crippen MR) is 142 cm³/mol. The third-order valence-corrected chi connectivity index (χ3v) is 7.84. The minimum Gasteiger partial charge on any atom is -0.383 e. The number of nitrogen functional groups attached to an aromatic ring is 1. The van der Waals surface area contributed by atoms with Gasteiger partial charge in [-0.2, -0.15) is 0 Å². The molecule has 0 atom stereocenters. The second-order valence-corrected chi connectivity index (χ2v) is 10.3. The number of nitrogens with two attached hydrogens (primary N) is 1. The van der Waals surface area contributed by atoms with Gasteiger partial charge in [-0.1, -0.05) is 19.9 Å². The van der Waals surface area contributed by atoms with Crippen LogP contribution in [0.2, 0.25) is 0 Å². The van der Waals surface area contributed by atoms with Gasteiger partial charge in [0.25, 0.3) is 0 Å². The van der Waals surface area contributed by atoms with Gasteiger partial charge in [-0.05, 0) is 79.9 Å². The number of nitrogens with one attached hydrogen (secondary N) is 3. The number of nitrogens with zero attached hydrogens (tertiary/aromatic N) is 2. The molecule has 7 nitrogen and oxygen atoms in total. The molecule has 2 fully saturated rings. The lowest BCUT2D eigenvalue weighted by Crippen LogP contribution is -2.44. The molecule has 0 radical (unpaired) electrons. The average Bonchev–Trinajstić information content (AvgIpc) is 3.27. The summed E-state index contributed by atoms with van der Waals surface area (Å²) in [6.45, 7) is 8.02. The van der Waals surface area contributed by atoms with E-state index in [0.29, 0.717) is 29.1 Å². The van der Waals surface area contributed by atoms with Gasteiger partial charge in [-0.25, -0.2) is 4.98 Å². The summed E-state index contributed by atoms with van der Waals surface area (Å²) in [6.07, 6.45) is 6.94. The zero-order chi connectivity index (χ0) is 24.5. The summed E-state index contributed by atoms with van der Waals surface area (Å²) in [6, 6.07) is 8.69. The van der Waals surface area contributed by atoms with Crippen LogP contribution >= 0.6 is 0 Å². The van der Waals surface area contributed by atoms with Crippen LogP contribution in [0, 0.1) is 11.3 Å². The van der Waals surface area contributed by atoms with Crippen molar-refractivity contribution in [1.82, 2.24) is 20.2 Å². The number of fused-ring (bicyclic) bond motifs is 1. The molecule has 1 aromatic carbocycles. The van der Waals surface area contributed by atoms with E-state index < -0.39 is 0 Å². The third kappa shape index (κ3) is 4.45. The molecule has 5 N–H and O–H groups in total. The largest absolute Gasteiger partial charge is 0.383 e. The van der Waals surface area contributed by atoms with E-state index in [0.717, 1.165) is 68.6 Å². The van der Waals surface area contributed by atoms with Gasteiger partial charge < -0.3 is 26.3 Å². The molecule has 5 rings (SSSR count). The molecule has 7 heteroatoms. The number of benzene rings is 1. The molecular formula is C28H36N6O. The lowest BCUT2D eigenvalue weighted by atomic mass is 9.86. The Morgan fingerprint density at radius 1 is 1.17 bits per heavy atom. The van der Waals surface area contributed by atoms with Gasteiger partial charge in [-0.3, -0.25) is 4.79 Å². The summed E-state index contributed by atoms with van der Waals surface area (Å²) in [5.41, 5.74) is 12.3. The van der Waals surface area contributed by atoms with Crippen LogP contribution in [-0.4, -0.2) is 53.2 Å². The van der Waals surface area contributed by atoms with Crippen molar-refractivity contribution in [3.8, 4) is 11.3 Å². The maximum Gasteiger partial charge on any atom is 0.225 e. The minimum absolute atomic E-state index is 0.198. The normalized spacial score (nSPS) is 17.9. The van der Waals surface area contributed by atoms with Crippen molar-refractivity contribution in [2.24, 2.45) is 5.92 Å². The number of amides is 1. The van der Waals surface area contributed by atoms with Gasteiger partial charge in [0.2, 0.25) is 5.91 Å². The number of anilines is 1. The standard InChI is InChI=1S/C28H36N6O/c1-17(2)25-22-15-20(18-8-13-34(14-9-18)28(35)19-5-10-31-11-6-19)3-4-24(22)33-26(25)21-7-12-32-27(30)23(21)16-29/h3-4,7,12,15-19,29,31,33H,5-6,8-11,13-14H2,1-2H3,(H2,30,32). The van der Waals surface area contributed by atoms with Gasteiger partial charge in [-0.15, -0.1) is 0 Å². The zero-order valence-corrected chi connectivity index (χ0v) is 20.7. The fourth-order valence-corrected chi connectivity index (χ4v) is 5.92. The quantitative estimate of drug-likeness (QED) is 0.405. The summed E-state index contributed by atoms with van der Waals surface area (Å²) >= 11 is 0. The van der Waals surface area contributed by atoms with E-state index in [9.17, 15) is 4.79 Å². The maximum atomic E-state index is 13.0. The molecule has 4 heterocycles. The topological polar surface area (TPSA) is 111 Å². The number of pyridine rings is 1. The monoisotopic (exact) mass is 472 g/mol. The number of hydrogen-bond donors (Lipinski definition) is 4. The average molecular weight is 473 g/mol. The van der Waals surface area contributed by atoms with E-state index in [4.69, 9.17) is 11.1 Å². The molecule has 3 aromatic rings. The van der Waals surface area contributed by atoms with Crippen molar-refractivity contribution < 1.29 is 4.79 Å². The number of aromatic nitrogens is 2. The van der Waals surface area contributed by atoms with Crippen LogP contribution in [-0.2, 0) is 4.79 Å². The molecule has 35 heavy (non-hydrogen) atoms. The van der Waals surface area contributed by atoms with Gasteiger partial charge >= 0.3 is 0 Å². The Morgan fingerprint density at radius 2 is 1.91 bits per heavy atom. The summed E-state index contributed by atoms with van der Waals surface area (Å²) in [5, 5.41) is 12.5. The summed E-state index contributed by atoms with van der Waals surface area (Å²) in [5.74, 6) is 1.69. The number of aromatic amines is 1. The molecule has 0 unspecified atom stereocenters. The van der Waals surface area contributed by atoms with Crippen molar-refractivity contribution in [2.75, 3.05) is 31.9 Å². The molecule has 0 spiro atoms. The number of carbonyl (C=O) groups is 1. The Kier molecular flexibility index (Phi) is 6.60. The van der Waals surface area contributed by atoms with Crippen LogP contribution in [0.5, 0.6) is 0 Å². The Bertz CT molecular complexity index is 1230. The minimum atomic E-state index is 0.198. The first-order valence-electron chi connectivity index (χ1n) is 12.9. The highest BCUT2D eigenvalue weighted by Crippen LogP contribution is 2.39. The van der Waals surface area contributed by atoms with Crippen molar-refractivity contribution in [3.63, 3.8) is 0 Å². The Labute approximate surface area is 207 Å². The Morgan fingerprint density at radius 3 is 2.60 bits per heavy atom. The number of rotatable bonds is 5. The predicted octanol–water partition coefficient (Wildman–Crippen LogP) is 4.64. The molecule has 2 aliphatic heterocycles. The first-order valence-corrected chi connectivity index (χ1v) is 12.9. The second kappa shape index (κ2) is 9.82. The number of hydrogen-bond acceptors (Lipinski definition) is 5. The first kappa shape index (κ1) is 23.5. The van der Waals surface area contributed by atoms with Crippen molar-refractivity contribution in [2.45, 2.75) is 51.4 Å². The van der Waals surface area contributed by atoms with Gasteiger partial charge in [0.05, 0.1) is 5.69 Å². The van der Waals surface area contributed by atoms with Crippen LogP contribution in [0.15, 0.2) is 30.5 Å². The Balaban J connectivity index is 1.41. The highest BCUT2D eigenvalue weighted by Gasteiger charge is 2.30. The van der Waals surface area contributed by atoms with Gasteiger partial charge in [0.15, 0.2) is 0 Å². The molecule has 2 aromatic heterocycles. The van der Waals surface area contributed by atoms with E-state index in [-0.39, 0.29) is 5.92 Å². The molecule has 0 bridgehead atoms. The molecular weight excluding hydrogens is 436 g/mol. The number of H-pyrrole nitrogens is 1. The third-order valence-electron chi connectivity index (χ3n) is 7.84. The lowest BCUT2D eigenvalue weighted by molar-refractivity contribution is -0.137. The van der Waals surface area contributed by atoms with Crippen LogP contribution in [0.4, 0.5) is 5.82 Å². The number of piperidine rings is 2. The fourth-order valence-electron chi connectivity index (χ4n) is 5.92. The molecule has 0 saturated carbocycles. The van der Waals surface area contributed by atoms with E-state index in [1.807, 2.05) is 6.07 Å². The number of carbonyl (C=O) groups excluding carboxylic acids is 1. The van der Waals surface area contributed by atoms with E-state index >= 15 is 0 Å². The van der Waals surface area contributed by atoms with Crippen LogP contribution in [0.3, 0.4) is 0 Å². The SMILES string of the molecule is CC(C)c1c(-c2ccnc(N)c2C=N)[nH]c2ccc(C3CCN(C(=O)C4CCNCC4)CC3)cc12. The van der Waals surface area contributed by atoms with Crippen molar-refractivity contribution >= 4 is 28.8 Å². The molecule has 2 aliphatic rings. The summed E-state index contributed by atoms with van der Waals surface area (Å²) in [7, 11) is 0. The van der Waals surface area contributed by atoms with Crippen molar-refractivity contribution in [3.05, 3.63) is 47.2 Å². The Hall–Kier alpha value is -3.19. The molecule has 0 aliphatic carbocycles. The smallest absolute Gasteiger partial charge is 0.225 e. The molecule has 1 amide bonds.